The van der Waals surface area contributed by atoms with Gasteiger partial charge in [-0.05, 0) is 31.5 Å². The predicted octanol–water partition coefficient (Wildman–Crippen LogP) is 2.61. The molecule has 134 valence electrons. The molecule has 0 saturated carbocycles. The minimum atomic E-state index is -0.0540. The first kappa shape index (κ1) is 16.9. The third-order valence-corrected chi connectivity index (χ3v) is 5.42. The van der Waals surface area contributed by atoms with Gasteiger partial charge in [-0.2, -0.15) is 0 Å². The molecule has 3 aromatic rings. The van der Waals surface area contributed by atoms with Crippen LogP contribution in [0.25, 0.3) is 4.96 Å². The lowest BCUT2D eigenvalue weighted by molar-refractivity contribution is -0.121. The minimum Gasteiger partial charge on any atom is -0.326 e. The number of thiazole rings is 1. The average molecular weight is 368 g/mol. The van der Waals surface area contributed by atoms with Crippen LogP contribution >= 0.6 is 11.3 Å². The third-order valence-electron chi connectivity index (χ3n) is 4.66. The van der Waals surface area contributed by atoms with Gasteiger partial charge < -0.3 is 5.32 Å². The molecule has 1 aliphatic rings. The molecule has 6 nitrogen and oxygen atoms in total. The molecule has 1 atom stereocenters. The molecule has 0 bridgehead atoms. The summed E-state index contributed by atoms with van der Waals surface area (Å²) in [5.74, 6) is 0.0122. The van der Waals surface area contributed by atoms with Gasteiger partial charge in [0.15, 0.2) is 4.96 Å². The number of piperidine rings is 1. The Morgan fingerprint density at radius 2 is 2.15 bits per heavy atom. The van der Waals surface area contributed by atoms with Gasteiger partial charge in [0.25, 0.3) is 5.56 Å². The van der Waals surface area contributed by atoms with Gasteiger partial charge >= 0.3 is 0 Å². The summed E-state index contributed by atoms with van der Waals surface area (Å²) >= 11 is 1.45. The highest BCUT2D eigenvalue weighted by molar-refractivity contribution is 7.15. The number of carbonyl (C=O) groups is 1. The SMILES string of the molecule is O=C(Nc1ccccc1)[C@@H]1CCCN(Cc2cc(=O)n3ccsc3n2)C1. The molecule has 4 rings (SSSR count). The molecular formula is C19H20N4O2S. The molecular weight excluding hydrogens is 348 g/mol. The smallest absolute Gasteiger partial charge is 0.258 e. The number of amides is 1. The standard InChI is InChI=1S/C19H20N4O2S/c24-17-11-16(21-19-23(17)9-10-26-19)13-22-8-4-5-14(12-22)18(25)20-15-6-2-1-3-7-15/h1-3,6-7,9-11,14H,4-5,8,12-13H2,(H,20,25)/t14-/m1/s1. The lowest BCUT2D eigenvalue weighted by Gasteiger charge is -2.31. The molecule has 1 amide bonds. The Morgan fingerprint density at radius 3 is 3.00 bits per heavy atom. The van der Waals surface area contributed by atoms with E-state index >= 15 is 0 Å². The zero-order valence-electron chi connectivity index (χ0n) is 14.3. The predicted molar refractivity (Wildman–Crippen MR) is 102 cm³/mol. The Morgan fingerprint density at radius 1 is 1.31 bits per heavy atom. The summed E-state index contributed by atoms with van der Waals surface area (Å²) < 4.78 is 1.56. The topological polar surface area (TPSA) is 66.7 Å². The van der Waals surface area contributed by atoms with Crippen LogP contribution in [0.15, 0.2) is 52.8 Å². The Hall–Kier alpha value is -2.51. The number of fused-ring (bicyclic) bond motifs is 1. The van der Waals surface area contributed by atoms with E-state index in [1.54, 1.807) is 16.7 Å². The highest BCUT2D eigenvalue weighted by Gasteiger charge is 2.26. The molecule has 0 spiro atoms. The average Bonchev–Trinajstić information content (AvgIpc) is 3.12. The fourth-order valence-corrected chi connectivity index (χ4v) is 4.12. The second-order valence-electron chi connectivity index (χ2n) is 6.57. The summed E-state index contributed by atoms with van der Waals surface area (Å²) in [4.78, 5) is 32.2. The van der Waals surface area contributed by atoms with Crippen molar-refractivity contribution < 1.29 is 4.79 Å². The summed E-state index contributed by atoms with van der Waals surface area (Å²) in [6, 6.07) is 11.1. The molecule has 1 fully saturated rings. The van der Waals surface area contributed by atoms with E-state index in [1.807, 2.05) is 35.7 Å². The Balaban J connectivity index is 1.42. The van der Waals surface area contributed by atoms with Gasteiger partial charge in [-0.1, -0.05) is 18.2 Å². The molecule has 2 aromatic heterocycles. The number of nitrogens with zero attached hydrogens (tertiary/aromatic N) is 3. The summed E-state index contributed by atoms with van der Waals surface area (Å²) in [5, 5.41) is 4.85. The van der Waals surface area contributed by atoms with Crippen molar-refractivity contribution in [1.82, 2.24) is 14.3 Å². The molecule has 0 aliphatic carbocycles. The van der Waals surface area contributed by atoms with Crippen molar-refractivity contribution in [3.63, 3.8) is 0 Å². The maximum atomic E-state index is 12.6. The van der Waals surface area contributed by atoms with Gasteiger partial charge in [0.1, 0.15) is 0 Å². The highest BCUT2D eigenvalue weighted by atomic mass is 32.1. The van der Waals surface area contributed by atoms with Crippen molar-refractivity contribution in [1.29, 1.82) is 0 Å². The van der Waals surface area contributed by atoms with Crippen LogP contribution in [-0.4, -0.2) is 33.3 Å². The number of nitrogens with one attached hydrogen (secondary N) is 1. The molecule has 1 aromatic carbocycles. The second-order valence-corrected chi connectivity index (χ2v) is 7.44. The number of para-hydroxylation sites is 1. The summed E-state index contributed by atoms with van der Waals surface area (Å²) in [5.41, 5.74) is 1.54. The van der Waals surface area contributed by atoms with Crippen molar-refractivity contribution in [2.45, 2.75) is 19.4 Å². The zero-order valence-corrected chi connectivity index (χ0v) is 15.1. The highest BCUT2D eigenvalue weighted by Crippen LogP contribution is 2.20. The van der Waals surface area contributed by atoms with Crippen LogP contribution in [-0.2, 0) is 11.3 Å². The number of hydrogen-bond acceptors (Lipinski definition) is 5. The van der Waals surface area contributed by atoms with Gasteiger partial charge in [-0.3, -0.25) is 18.9 Å². The molecule has 0 radical (unpaired) electrons. The van der Waals surface area contributed by atoms with Gasteiger partial charge in [0.05, 0.1) is 11.6 Å². The monoisotopic (exact) mass is 368 g/mol. The van der Waals surface area contributed by atoms with Crippen molar-refractivity contribution in [3.8, 4) is 0 Å². The van der Waals surface area contributed by atoms with Crippen LogP contribution in [0.1, 0.15) is 18.5 Å². The number of anilines is 1. The zero-order chi connectivity index (χ0) is 17.9. The lowest BCUT2D eigenvalue weighted by atomic mass is 9.97. The fourth-order valence-electron chi connectivity index (χ4n) is 3.38. The van der Waals surface area contributed by atoms with Crippen LogP contribution in [0.5, 0.6) is 0 Å². The summed E-state index contributed by atoms with van der Waals surface area (Å²) in [6.45, 7) is 2.20. The van der Waals surface area contributed by atoms with Gasteiger partial charge in [-0.25, -0.2) is 4.98 Å². The molecule has 1 N–H and O–H groups in total. The fraction of sp³-hybridized carbons (Fsp3) is 0.316. The first-order chi connectivity index (χ1) is 12.7. The normalized spacial score (nSPS) is 18.1. The van der Waals surface area contributed by atoms with Crippen molar-refractivity contribution in [2.75, 3.05) is 18.4 Å². The van der Waals surface area contributed by atoms with Crippen molar-refractivity contribution in [2.24, 2.45) is 5.92 Å². The van der Waals surface area contributed by atoms with Crippen molar-refractivity contribution in [3.05, 3.63) is 64.0 Å². The molecule has 0 unspecified atom stereocenters. The van der Waals surface area contributed by atoms with E-state index in [4.69, 9.17) is 0 Å². The van der Waals surface area contributed by atoms with Crippen LogP contribution in [0.2, 0.25) is 0 Å². The Kier molecular flexibility index (Phi) is 4.81. The molecule has 1 saturated heterocycles. The number of aromatic nitrogens is 2. The van der Waals surface area contributed by atoms with Crippen LogP contribution < -0.4 is 10.9 Å². The maximum absolute atomic E-state index is 12.6. The van der Waals surface area contributed by atoms with Crippen molar-refractivity contribution >= 4 is 27.9 Å². The van der Waals surface area contributed by atoms with E-state index in [0.29, 0.717) is 18.1 Å². The second kappa shape index (κ2) is 7.39. The van der Waals surface area contributed by atoms with E-state index in [2.05, 4.69) is 15.2 Å². The summed E-state index contributed by atoms with van der Waals surface area (Å²) in [6.07, 6.45) is 3.59. The van der Waals surface area contributed by atoms with Gasteiger partial charge in [-0.15, -0.1) is 11.3 Å². The molecule has 7 heteroatoms. The maximum Gasteiger partial charge on any atom is 0.258 e. The van der Waals surface area contributed by atoms with E-state index in [9.17, 15) is 9.59 Å². The number of hydrogen-bond donors (Lipinski definition) is 1. The largest absolute Gasteiger partial charge is 0.326 e. The summed E-state index contributed by atoms with van der Waals surface area (Å²) in [7, 11) is 0. The Labute approximate surface area is 155 Å². The van der Waals surface area contributed by atoms with E-state index in [1.165, 1.54) is 11.3 Å². The first-order valence-corrected chi connectivity index (χ1v) is 9.61. The molecule has 3 heterocycles. The minimum absolute atomic E-state index is 0.0458. The van der Waals surface area contributed by atoms with E-state index in [-0.39, 0.29) is 17.4 Å². The first-order valence-electron chi connectivity index (χ1n) is 8.73. The van der Waals surface area contributed by atoms with E-state index in [0.717, 1.165) is 30.8 Å². The Bertz CT molecular complexity index is 966. The molecule has 26 heavy (non-hydrogen) atoms. The number of carbonyl (C=O) groups excluding carboxylic acids is 1. The van der Waals surface area contributed by atoms with E-state index < -0.39 is 0 Å². The quantitative estimate of drug-likeness (QED) is 0.769. The number of likely N-dealkylation sites (tertiary alicyclic amines) is 1. The molecule has 1 aliphatic heterocycles. The lowest BCUT2D eigenvalue weighted by Crippen LogP contribution is -2.40. The third kappa shape index (κ3) is 3.68. The van der Waals surface area contributed by atoms with Gasteiger partial charge in [0, 0.05) is 36.4 Å². The number of benzene rings is 1. The van der Waals surface area contributed by atoms with Crippen LogP contribution in [0.3, 0.4) is 0 Å². The van der Waals surface area contributed by atoms with Gasteiger partial charge in [0.2, 0.25) is 5.91 Å². The van der Waals surface area contributed by atoms with Crippen LogP contribution in [0.4, 0.5) is 5.69 Å². The van der Waals surface area contributed by atoms with Crippen LogP contribution in [0, 0.1) is 5.92 Å². The number of rotatable bonds is 4.